The molecule has 0 saturated heterocycles. The van der Waals surface area contributed by atoms with Crippen molar-refractivity contribution >= 4 is 26.0 Å². The SMILES string of the molecule is O=S(=O)(NC1CCCc2c1cnn2Cc1ccccc1)c1ncc(Br)cc1F. The molecule has 2 heterocycles. The van der Waals surface area contributed by atoms with Gasteiger partial charge in [0.15, 0.2) is 5.82 Å². The quantitative estimate of drug-likeness (QED) is 0.625. The normalized spacial score (nSPS) is 16.7. The summed E-state index contributed by atoms with van der Waals surface area (Å²) in [6, 6.07) is 10.6. The molecule has 0 bridgehead atoms. The summed E-state index contributed by atoms with van der Waals surface area (Å²) in [6.07, 6.45) is 5.24. The fourth-order valence-electron chi connectivity index (χ4n) is 3.48. The van der Waals surface area contributed by atoms with E-state index >= 15 is 0 Å². The van der Waals surface area contributed by atoms with E-state index in [1.165, 1.54) is 6.20 Å². The first kappa shape index (κ1) is 19.2. The Morgan fingerprint density at radius 1 is 1.25 bits per heavy atom. The maximum absolute atomic E-state index is 14.1. The first-order valence-electron chi connectivity index (χ1n) is 8.86. The van der Waals surface area contributed by atoms with E-state index in [2.05, 4.69) is 30.7 Å². The lowest BCUT2D eigenvalue weighted by atomic mass is 9.94. The monoisotopic (exact) mass is 464 g/mol. The summed E-state index contributed by atoms with van der Waals surface area (Å²) in [5.41, 5.74) is 2.97. The Kier molecular flexibility index (Phi) is 5.31. The molecule has 28 heavy (non-hydrogen) atoms. The van der Waals surface area contributed by atoms with Crippen molar-refractivity contribution in [1.82, 2.24) is 19.5 Å². The van der Waals surface area contributed by atoms with Crippen LogP contribution in [0.4, 0.5) is 4.39 Å². The molecular formula is C19H18BrFN4O2S. The van der Waals surface area contributed by atoms with E-state index in [-0.39, 0.29) is 0 Å². The summed E-state index contributed by atoms with van der Waals surface area (Å²) in [6.45, 7) is 0.624. The first-order chi connectivity index (χ1) is 13.4. The van der Waals surface area contributed by atoms with Gasteiger partial charge < -0.3 is 0 Å². The van der Waals surface area contributed by atoms with E-state index in [0.717, 1.165) is 35.7 Å². The maximum Gasteiger partial charge on any atom is 0.261 e. The molecule has 2 aromatic heterocycles. The molecule has 0 radical (unpaired) electrons. The van der Waals surface area contributed by atoms with Crippen LogP contribution in [0, 0.1) is 5.82 Å². The molecule has 0 spiro atoms. The third kappa shape index (κ3) is 3.87. The summed E-state index contributed by atoms with van der Waals surface area (Å²) >= 11 is 3.08. The number of hydrogen-bond acceptors (Lipinski definition) is 4. The van der Waals surface area contributed by atoms with Crippen LogP contribution in [0.15, 0.2) is 58.3 Å². The Morgan fingerprint density at radius 2 is 2.04 bits per heavy atom. The van der Waals surface area contributed by atoms with Gasteiger partial charge in [0.2, 0.25) is 5.03 Å². The Bertz CT molecular complexity index is 1100. The molecule has 0 fully saturated rings. The van der Waals surface area contributed by atoms with Crippen LogP contribution in [0.25, 0.3) is 0 Å². The van der Waals surface area contributed by atoms with Crippen molar-refractivity contribution in [3.63, 3.8) is 0 Å². The third-order valence-corrected chi connectivity index (χ3v) is 6.60. The third-order valence-electron chi connectivity index (χ3n) is 4.76. The van der Waals surface area contributed by atoms with Gasteiger partial charge in [-0.15, -0.1) is 0 Å². The zero-order valence-electron chi connectivity index (χ0n) is 14.8. The highest BCUT2D eigenvalue weighted by Crippen LogP contribution is 2.31. The van der Waals surface area contributed by atoms with Crippen LogP contribution in [0.1, 0.15) is 35.7 Å². The molecule has 0 saturated carbocycles. The molecule has 1 aromatic carbocycles. The summed E-state index contributed by atoms with van der Waals surface area (Å²) in [5, 5.41) is 3.86. The van der Waals surface area contributed by atoms with Crippen molar-refractivity contribution in [1.29, 1.82) is 0 Å². The summed E-state index contributed by atoms with van der Waals surface area (Å²) in [4.78, 5) is 3.74. The Morgan fingerprint density at radius 3 is 2.79 bits per heavy atom. The van der Waals surface area contributed by atoms with Crippen LogP contribution >= 0.6 is 15.9 Å². The molecule has 1 atom stereocenters. The lowest BCUT2D eigenvalue weighted by molar-refractivity contribution is 0.486. The van der Waals surface area contributed by atoms with Crippen molar-refractivity contribution in [2.24, 2.45) is 0 Å². The number of rotatable bonds is 5. The van der Waals surface area contributed by atoms with Crippen LogP contribution in [0.2, 0.25) is 0 Å². The number of aromatic nitrogens is 3. The Balaban J connectivity index is 1.60. The molecule has 1 N–H and O–H groups in total. The van der Waals surface area contributed by atoms with Gasteiger partial charge in [-0.2, -0.15) is 5.10 Å². The van der Waals surface area contributed by atoms with Gasteiger partial charge in [-0.1, -0.05) is 30.3 Å². The second-order valence-corrected chi connectivity index (χ2v) is 9.24. The Hall–Kier alpha value is -2.10. The highest BCUT2D eigenvalue weighted by atomic mass is 79.9. The van der Waals surface area contributed by atoms with Gasteiger partial charge in [0.25, 0.3) is 10.0 Å². The maximum atomic E-state index is 14.1. The van der Waals surface area contributed by atoms with Gasteiger partial charge in [-0.05, 0) is 46.8 Å². The summed E-state index contributed by atoms with van der Waals surface area (Å²) in [5.74, 6) is -0.891. The van der Waals surface area contributed by atoms with Crippen molar-refractivity contribution < 1.29 is 12.8 Å². The van der Waals surface area contributed by atoms with E-state index < -0.39 is 26.9 Å². The second kappa shape index (κ2) is 7.73. The van der Waals surface area contributed by atoms with E-state index in [9.17, 15) is 12.8 Å². The first-order valence-corrected chi connectivity index (χ1v) is 11.1. The Labute approximate surface area is 171 Å². The zero-order valence-corrected chi connectivity index (χ0v) is 17.2. The topological polar surface area (TPSA) is 76.9 Å². The zero-order chi connectivity index (χ0) is 19.7. The highest BCUT2D eigenvalue weighted by molar-refractivity contribution is 9.10. The number of pyridine rings is 1. The fourth-order valence-corrected chi connectivity index (χ4v) is 5.02. The van der Waals surface area contributed by atoms with E-state index in [0.29, 0.717) is 17.4 Å². The highest BCUT2D eigenvalue weighted by Gasteiger charge is 2.30. The average molecular weight is 465 g/mol. The molecule has 9 heteroatoms. The molecule has 1 unspecified atom stereocenters. The van der Waals surface area contributed by atoms with Crippen molar-refractivity contribution in [2.45, 2.75) is 36.9 Å². The van der Waals surface area contributed by atoms with Gasteiger partial charge in [-0.25, -0.2) is 22.5 Å². The van der Waals surface area contributed by atoms with Gasteiger partial charge >= 0.3 is 0 Å². The van der Waals surface area contributed by atoms with Gasteiger partial charge in [0.05, 0.1) is 18.8 Å². The molecule has 1 aliphatic carbocycles. The number of halogens is 2. The van der Waals surface area contributed by atoms with Crippen LogP contribution in [-0.4, -0.2) is 23.2 Å². The number of fused-ring (bicyclic) bond motifs is 1. The van der Waals surface area contributed by atoms with Crippen LogP contribution in [0.3, 0.4) is 0 Å². The number of hydrogen-bond donors (Lipinski definition) is 1. The van der Waals surface area contributed by atoms with Crippen LogP contribution in [0.5, 0.6) is 0 Å². The fraction of sp³-hybridized carbons (Fsp3) is 0.263. The minimum absolute atomic E-state index is 0.381. The standard InChI is InChI=1S/C19H18BrFN4O2S/c20-14-9-16(21)19(22-10-14)28(26,27)24-17-7-4-8-18-15(17)11-23-25(18)12-13-5-2-1-3-6-13/h1-3,5-6,9-11,17,24H,4,7-8,12H2. The molecule has 1 aliphatic rings. The largest absolute Gasteiger partial charge is 0.265 e. The van der Waals surface area contributed by atoms with E-state index in [4.69, 9.17) is 0 Å². The second-order valence-electron chi connectivity index (χ2n) is 6.70. The molecule has 146 valence electrons. The summed E-state index contributed by atoms with van der Waals surface area (Å²) in [7, 11) is -4.09. The van der Waals surface area contributed by atoms with Crippen LogP contribution < -0.4 is 4.72 Å². The predicted molar refractivity (Wildman–Crippen MR) is 106 cm³/mol. The van der Waals surface area contributed by atoms with Gasteiger partial charge in [0, 0.05) is 21.9 Å². The van der Waals surface area contributed by atoms with Crippen LogP contribution in [-0.2, 0) is 23.0 Å². The predicted octanol–water partition coefficient (Wildman–Crippen LogP) is 3.58. The number of sulfonamides is 1. The minimum Gasteiger partial charge on any atom is -0.265 e. The number of nitrogens with one attached hydrogen (secondary N) is 1. The molecular weight excluding hydrogens is 447 g/mol. The molecule has 6 nitrogen and oxygen atoms in total. The number of nitrogens with zero attached hydrogens (tertiary/aromatic N) is 3. The average Bonchev–Trinajstić information content (AvgIpc) is 3.06. The number of benzene rings is 1. The lowest BCUT2D eigenvalue weighted by Crippen LogP contribution is -2.32. The molecule has 4 rings (SSSR count). The van der Waals surface area contributed by atoms with Crippen molar-refractivity contribution in [3.05, 3.63) is 75.9 Å². The van der Waals surface area contributed by atoms with Gasteiger partial charge in [0.1, 0.15) is 0 Å². The summed E-state index contributed by atoms with van der Waals surface area (Å²) < 4.78 is 44.4. The smallest absolute Gasteiger partial charge is 0.261 e. The lowest BCUT2D eigenvalue weighted by Gasteiger charge is -2.24. The molecule has 0 amide bonds. The van der Waals surface area contributed by atoms with Crippen molar-refractivity contribution in [2.75, 3.05) is 0 Å². The minimum atomic E-state index is -4.09. The molecule has 0 aliphatic heterocycles. The molecule has 3 aromatic rings. The van der Waals surface area contributed by atoms with E-state index in [1.54, 1.807) is 6.20 Å². The van der Waals surface area contributed by atoms with Crippen molar-refractivity contribution in [3.8, 4) is 0 Å². The van der Waals surface area contributed by atoms with Gasteiger partial charge in [-0.3, -0.25) is 4.68 Å². The van der Waals surface area contributed by atoms with E-state index in [1.807, 2.05) is 35.0 Å².